The molecule has 0 aliphatic carbocycles. The summed E-state index contributed by atoms with van der Waals surface area (Å²) >= 11 is 0. The lowest BCUT2D eigenvalue weighted by molar-refractivity contribution is 0.282. The van der Waals surface area contributed by atoms with Gasteiger partial charge in [0.1, 0.15) is 0 Å². The normalized spacial score (nSPS) is 22.3. The van der Waals surface area contributed by atoms with Gasteiger partial charge in [-0.2, -0.15) is 0 Å². The molecule has 0 aromatic heterocycles. The van der Waals surface area contributed by atoms with Crippen molar-refractivity contribution in [2.75, 3.05) is 32.1 Å². The second-order valence-electron chi connectivity index (χ2n) is 8.06. The van der Waals surface area contributed by atoms with Crippen LogP contribution in [0, 0.1) is 0 Å². The quantitative estimate of drug-likeness (QED) is 0.663. The number of rotatable bonds is 8. The molecule has 0 saturated carbocycles. The van der Waals surface area contributed by atoms with Crippen LogP contribution < -0.4 is 5.32 Å². The molecular weight excluding hydrogens is 420 g/mol. The van der Waals surface area contributed by atoms with E-state index in [9.17, 15) is 16.8 Å². The molecule has 3 atom stereocenters. The number of likely N-dealkylation sites (N-methyl/N-ethyl adjacent to an activating group) is 1. The summed E-state index contributed by atoms with van der Waals surface area (Å²) in [5, 5.41) is 2.27. The molecule has 0 radical (unpaired) electrons. The van der Waals surface area contributed by atoms with E-state index >= 15 is 0 Å². The van der Waals surface area contributed by atoms with E-state index < -0.39 is 31.0 Å². The Kier molecular flexibility index (Phi) is 7.02. The molecule has 1 heterocycles. The number of aryl methyl sites for hydroxylation is 1. The Morgan fingerprint density at radius 2 is 1.67 bits per heavy atom. The standard InChI is InChI=1S/C22H30N2O4S2/c1-4-17-10-12-19(13-11-17)30(27,28)22-16-29(25,26)15-20(22)23-14-21(24(2)3)18-8-6-5-7-9-18/h5-13,20-23H,4,14-16H2,1-3H3/t20-,21?,22-/m0/s1. The molecule has 8 heteroatoms. The van der Waals surface area contributed by atoms with Crippen LogP contribution in [0.15, 0.2) is 59.5 Å². The van der Waals surface area contributed by atoms with Crippen LogP contribution >= 0.6 is 0 Å². The van der Waals surface area contributed by atoms with Crippen LogP contribution in [0.5, 0.6) is 0 Å². The summed E-state index contributed by atoms with van der Waals surface area (Å²) in [5.41, 5.74) is 2.13. The fraction of sp³-hybridized carbons (Fsp3) is 0.455. The van der Waals surface area contributed by atoms with Gasteiger partial charge in [0.2, 0.25) is 0 Å². The van der Waals surface area contributed by atoms with Crippen molar-refractivity contribution < 1.29 is 16.8 Å². The van der Waals surface area contributed by atoms with Crippen molar-refractivity contribution in [1.29, 1.82) is 0 Å². The largest absolute Gasteiger partial charge is 0.310 e. The highest BCUT2D eigenvalue weighted by molar-refractivity contribution is 7.96. The lowest BCUT2D eigenvalue weighted by atomic mass is 10.1. The fourth-order valence-corrected chi connectivity index (χ4v) is 8.65. The van der Waals surface area contributed by atoms with Crippen molar-refractivity contribution in [1.82, 2.24) is 10.2 Å². The zero-order valence-corrected chi connectivity index (χ0v) is 19.3. The third kappa shape index (κ3) is 5.11. The minimum Gasteiger partial charge on any atom is -0.310 e. The van der Waals surface area contributed by atoms with Gasteiger partial charge in [0.05, 0.1) is 21.7 Å². The number of hydrogen-bond donors (Lipinski definition) is 1. The first-order valence-corrected chi connectivity index (χ1v) is 13.5. The summed E-state index contributed by atoms with van der Waals surface area (Å²) in [5.74, 6) is -0.515. The smallest absolute Gasteiger partial charge is 0.183 e. The molecule has 3 rings (SSSR count). The van der Waals surface area contributed by atoms with Gasteiger partial charge in [-0.25, -0.2) is 16.8 Å². The van der Waals surface area contributed by atoms with E-state index in [0.717, 1.165) is 17.5 Å². The number of hydrogen-bond acceptors (Lipinski definition) is 6. The maximum Gasteiger partial charge on any atom is 0.183 e. The predicted octanol–water partition coefficient (Wildman–Crippen LogP) is 2.08. The Balaban J connectivity index is 1.83. The average molecular weight is 451 g/mol. The lowest BCUT2D eigenvalue weighted by Crippen LogP contribution is -2.46. The Morgan fingerprint density at radius 3 is 2.23 bits per heavy atom. The van der Waals surface area contributed by atoms with Crippen molar-refractivity contribution in [2.24, 2.45) is 0 Å². The minimum absolute atomic E-state index is 0.00157. The molecule has 2 aromatic rings. The van der Waals surface area contributed by atoms with E-state index in [-0.39, 0.29) is 22.4 Å². The molecule has 1 aliphatic rings. The molecule has 0 bridgehead atoms. The summed E-state index contributed by atoms with van der Waals surface area (Å²) < 4.78 is 51.3. The third-order valence-corrected chi connectivity index (χ3v) is 9.91. The highest BCUT2D eigenvalue weighted by atomic mass is 32.2. The van der Waals surface area contributed by atoms with Crippen LogP contribution in [0.1, 0.15) is 24.1 Å². The monoisotopic (exact) mass is 450 g/mol. The maximum absolute atomic E-state index is 13.3. The summed E-state index contributed by atoms with van der Waals surface area (Å²) in [6.45, 7) is 2.46. The van der Waals surface area contributed by atoms with Crippen molar-refractivity contribution in [2.45, 2.75) is 35.6 Å². The van der Waals surface area contributed by atoms with Gasteiger partial charge in [-0.15, -0.1) is 0 Å². The van der Waals surface area contributed by atoms with Crippen molar-refractivity contribution >= 4 is 19.7 Å². The van der Waals surface area contributed by atoms with Crippen LogP contribution in [0.25, 0.3) is 0 Å². The molecule has 0 amide bonds. The Bertz CT molecular complexity index is 1050. The molecule has 164 valence electrons. The Hall–Kier alpha value is -1.74. The van der Waals surface area contributed by atoms with Gasteiger partial charge in [-0.3, -0.25) is 0 Å². The Morgan fingerprint density at radius 1 is 1.03 bits per heavy atom. The van der Waals surface area contributed by atoms with Crippen molar-refractivity contribution in [3.8, 4) is 0 Å². The van der Waals surface area contributed by atoms with E-state index in [2.05, 4.69) is 5.32 Å². The van der Waals surface area contributed by atoms with Crippen molar-refractivity contribution in [3.05, 3.63) is 65.7 Å². The van der Waals surface area contributed by atoms with E-state index in [1.165, 1.54) is 0 Å². The minimum atomic E-state index is -3.77. The maximum atomic E-state index is 13.3. The molecule has 1 saturated heterocycles. The van der Waals surface area contributed by atoms with E-state index in [1.807, 2.05) is 56.3 Å². The van der Waals surface area contributed by atoms with E-state index in [0.29, 0.717) is 6.54 Å². The Labute approximate surface area is 180 Å². The van der Waals surface area contributed by atoms with Gasteiger partial charge in [0, 0.05) is 18.6 Å². The van der Waals surface area contributed by atoms with Crippen molar-refractivity contribution in [3.63, 3.8) is 0 Å². The van der Waals surface area contributed by atoms with Gasteiger partial charge in [0.15, 0.2) is 19.7 Å². The lowest BCUT2D eigenvalue weighted by Gasteiger charge is -2.28. The number of benzene rings is 2. The summed E-state index contributed by atoms with van der Waals surface area (Å²) in [4.78, 5) is 2.22. The first kappa shape index (κ1) is 22.9. The molecule has 1 aliphatic heterocycles. The average Bonchev–Trinajstić information content (AvgIpc) is 3.04. The second kappa shape index (κ2) is 9.18. The van der Waals surface area contributed by atoms with Gasteiger partial charge in [0.25, 0.3) is 0 Å². The molecule has 1 unspecified atom stereocenters. The summed E-state index contributed by atoms with van der Waals surface area (Å²) in [6.07, 6.45) is 0.813. The highest BCUT2D eigenvalue weighted by Crippen LogP contribution is 2.27. The zero-order chi connectivity index (χ0) is 21.9. The number of nitrogens with one attached hydrogen (secondary N) is 1. The zero-order valence-electron chi connectivity index (χ0n) is 17.7. The summed E-state index contributed by atoms with van der Waals surface area (Å²) in [7, 11) is -3.30. The molecule has 6 nitrogen and oxygen atoms in total. The first-order valence-electron chi connectivity index (χ1n) is 10.1. The molecular formula is C22H30N2O4S2. The molecule has 1 N–H and O–H groups in total. The fourth-order valence-electron chi connectivity index (χ4n) is 3.94. The van der Waals surface area contributed by atoms with E-state index in [4.69, 9.17) is 0 Å². The van der Waals surface area contributed by atoms with Crippen LogP contribution in [-0.4, -0.2) is 65.2 Å². The third-order valence-electron chi connectivity index (χ3n) is 5.74. The van der Waals surface area contributed by atoms with Crippen LogP contribution in [-0.2, 0) is 26.1 Å². The molecule has 2 aromatic carbocycles. The van der Waals surface area contributed by atoms with Crippen LogP contribution in [0.4, 0.5) is 0 Å². The first-order chi connectivity index (χ1) is 14.1. The van der Waals surface area contributed by atoms with E-state index in [1.54, 1.807) is 24.3 Å². The second-order valence-corrected chi connectivity index (χ2v) is 12.4. The predicted molar refractivity (Wildman–Crippen MR) is 120 cm³/mol. The molecule has 30 heavy (non-hydrogen) atoms. The number of nitrogens with zero attached hydrogens (tertiary/aromatic N) is 1. The van der Waals surface area contributed by atoms with Gasteiger partial charge in [-0.1, -0.05) is 49.4 Å². The highest BCUT2D eigenvalue weighted by Gasteiger charge is 2.45. The molecule has 0 spiro atoms. The SMILES string of the molecule is CCc1ccc(S(=O)(=O)[C@H]2CS(=O)(=O)C[C@@H]2NCC(c2ccccc2)N(C)C)cc1. The number of sulfone groups is 2. The molecule has 1 fully saturated rings. The van der Waals surface area contributed by atoms with Crippen LogP contribution in [0.3, 0.4) is 0 Å². The van der Waals surface area contributed by atoms with Gasteiger partial charge >= 0.3 is 0 Å². The topological polar surface area (TPSA) is 83.5 Å². The summed E-state index contributed by atoms with van der Waals surface area (Å²) in [6, 6.07) is 16.0. The van der Waals surface area contributed by atoms with Crippen LogP contribution in [0.2, 0.25) is 0 Å². The van der Waals surface area contributed by atoms with Gasteiger partial charge in [-0.05, 0) is 43.8 Å². The van der Waals surface area contributed by atoms with Gasteiger partial charge < -0.3 is 10.2 Å².